The first kappa shape index (κ1) is 13.6. The van der Waals surface area contributed by atoms with E-state index in [0.29, 0.717) is 6.04 Å². The molecule has 0 N–H and O–H groups in total. The Kier molecular flexibility index (Phi) is 5.06. The second-order valence-corrected chi connectivity index (χ2v) is 6.79. The summed E-state index contributed by atoms with van der Waals surface area (Å²) in [5.74, 6) is 0.179. The smallest absolute Gasteiger partial charge is 0.265 e. The molecule has 0 spiro atoms. The van der Waals surface area contributed by atoms with Crippen LogP contribution in [0.4, 0.5) is 0 Å². The van der Waals surface area contributed by atoms with Crippen LogP contribution in [0.2, 0.25) is 0 Å². The van der Waals surface area contributed by atoms with E-state index in [-0.39, 0.29) is 5.91 Å². The van der Waals surface area contributed by atoms with Gasteiger partial charge in [-0.25, -0.2) is 0 Å². The Bertz CT molecular complexity index is 388. The zero-order chi connectivity index (χ0) is 12.3. The third-order valence-corrected chi connectivity index (χ3v) is 5.34. The summed E-state index contributed by atoms with van der Waals surface area (Å²) in [7, 11) is 0. The molecule has 1 amide bonds. The summed E-state index contributed by atoms with van der Waals surface area (Å²) < 4.78 is 0.921. The molecule has 0 aliphatic heterocycles. The van der Waals surface area contributed by atoms with Crippen molar-refractivity contribution in [1.82, 2.24) is 4.90 Å². The number of thiophene rings is 1. The molecule has 0 radical (unpaired) electrons. The van der Waals surface area contributed by atoms with Crippen molar-refractivity contribution in [2.24, 2.45) is 0 Å². The minimum atomic E-state index is 0.179. The highest BCUT2D eigenvalue weighted by Crippen LogP contribution is 2.29. The normalized spacial score (nSPS) is 16.4. The molecule has 1 aromatic rings. The van der Waals surface area contributed by atoms with Gasteiger partial charge >= 0.3 is 0 Å². The fourth-order valence-electron chi connectivity index (χ4n) is 2.33. The van der Waals surface area contributed by atoms with Crippen molar-refractivity contribution in [2.45, 2.75) is 31.7 Å². The minimum Gasteiger partial charge on any atom is -0.334 e. The van der Waals surface area contributed by atoms with Crippen LogP contribution in [-0.2, 0) is 0 Å². The Morgan fingerprint density at radius 2 is 2.18 bits per heavy atom. The summed E-state index contributed by atoms with van der Waals surface area (Å²) in [5, 5.41) is 2.80. The lowest BCUT2D eigenvalue weighted by atomic mass is 10.2. The fraction of sp³-hybridized carbons (Fsp3) is 0.583. The lowest BCUT2D eigenvalue weighted by molar-refractivity contribution is 0.0700. The van der Waals surface area contributed by atoms with Gasteiger partial charge in [0.15, 0.2) is 0 Å². The summed E-state index contributed by atoms with van der Waals surface area (Å²) in [4.78, 5) is 15.4. The van der Waals surface area contributed by atoms with E-state index in [1.807, 2.05) is 16.3 Å². The lowest BCUT2D eigenvalue weighted by Crippen LogP contribution is -2.39. The average Bonchev–Trinajstić information content (AvgIpc) is 2.95. The fourth-order valence-corrected chi connectivity index (χ4v) is 4.21. The molecule has 94 valence electrons. The van der Waals surface area contributed by atoms with Crippen molar-refractivity contribution in [3.63, 3.8) is 0 Å². The van der Waals surface area contributed by atoms with Gasteiger partial charge in [-0.15, -0.1) is 11.3 Å². The number of hydrogen-bond acceptors (Lipinski definition) is 2. The Morgan fingerprint density at radius 1 is 1.47 bits per heavy atom. The van der Waals surface area contributed by atoms with Gasteiger partial charge in [0, 0.05) is 22.4 Å². The van der Waals surface area contributed by atoms with Crippen molar-refractivity contribution < 1.29 is 4.79 Å². The predicted molar refractivity (Wildman–Crippen MR) is 79.1 cm³/mol. The van der Waals surface area contributed by atoms with Crippen LogP contribution in [0.3, 0.4) is 0 Å². The maximum Gasteiger partial charge on any atom is 0.265 e. The maximum absolute atomic E-state index is 12.5. The minimum absolute atomic E-state index is 0.179. The second-order valence-electron chi connectivity index (χ2n) is 4.22. The van der Waals surface area contributed by atoms with Gasteiger partial charge in [-0.2, -0.15) is 0 Å². The molecule has 5 heteroatoms. The van der Waals surface area contributed by atoms with Crippen LogP contribution in [0.25, 0.3) is 0 Å². The molecule has 0 unspecified atom stereocenters. The molecule has 1 aliphatic carbocycles. The van der Waals surface area contributed by atoms with Gasteiger partial charge in [-0.3, -0.25) is 4.79 Å². The van der Waals surface area contributed by atoms with E-state index in [9.17, 15) is 4.79 Å². The van der Waals surface area contributed by atoms with Gasteiger partial charge < -0.3 is 4.90 Å². The SMILES string of the molecule is O=C(c1sccc1Br)N(CCBr)C1CCCC1. The van der Waals surface area contributed by atoms with Gasteiger partial charge in [-0.1, -0.05) is 28.8 Å². The van der Waals surface area contributed by atoms with Crippen molar-refractivity contribution >= 4 is 49.1 Å². The lowest BCUT2D eigenvalue weighted by Gasteiger charge is -2.28. The van der Waals surface area contributed by atoms with Crippen LogP contribution in [0, 0.1) is 0 Å². The number of amides is 1. The summed E-state index contributed by atoms with van der Waals surface area (Å²) >= 11 is 8.41. The molecule has 17 heavy (non-hydrogen) atoms. The molecule has 1 heterocycles. The van der Waals surface area contributed by atoms with E-state index in [1.54, 1.807) is 0 Å². The Morgan fingerprint density at radius 3 is 2.71 bits per heavy atom. The zero-order valence-electron chi connectivity index (χ0n) is 9.49. The van der Waals surface area contributed by atoms with Crippen LogP contribution in [0.5, 0.6) is 0 Å². The Labute approximate surface area is 123 Å². The van der Waals surface area contributed by atoms with Gasteiger partial charge in [0.05, 0.1) is 0 Å². The summed E-state index contributed by atoms with van der Waals surface area (Å²) in [5.41, 5.74) is 0. The van der Waals surface area contributed by atoms with E-state index in [2.05, 4.69) is 31.9 Å². The average molecular weight is 381 g/mol. The monoisotopic (exact) mass is 379 g/mol. The molecule has 2 rings (SSSR count). The maximum atomic E-state index is 12.5. The summed E-state index contributed by atoms with van der Waals surface area (Å²) in [6, 6.07) is 2.38. The number of carbonyl (C=O) groups is 1. The quantitative estimate of drug-likeness (QED) is 0.713. The molecule has 2 nitrogen and oxygen atoms in total. The first-order valence-electron chi connectivity index (χ1n) is 5.84. The highest BCUT2D eigenvalue weighted by atomic mass is 79.9. The van der Waals surface area contributed by atoms with E-state index in [0.717, 1.165) is 34.1 Å². The first-order chi connectivity index (χ1) is 8.24. The summed E-state index contributed by atoms with van der Waals surface area (Å²) in [6.45, 7) is 0.799. The van der Waals surface area contributed by atoms with Crippen LogP contribution in [-0.4, -0.2) is 28.7 Å². The van der Waals surface area contributed by atoms with Gasteiger partial charge in [-0.05, 0) is 40.2 Å². The molecule has 0 aromatic carbocycles. The molecule has 0 atom stereocenters. The standard InChI is InChI=1S/C12H15Br2NOS/c13-6-7-15(9-3-1-2-4-9)12(16)11-10(14)5-8-17-11/h5,8-9H,1-4,6-7H2. The molecule has 1 saturated carbocycles. The van der Waals surface area contributed by atoms with Crippen molar-refractivity contribution in [1.29, 1.82) is 0 Å². The van der Waals surface area contributed by atoms with Crippen LogP contribution in [0.1, 0.15) is 35.4 Å². The first-order valence-corrected chi connectivity index (χ1v) is 8.63. The molecule has 1 aliphatic rings. The predicted octanol–water partition coefficient (Wildman–Crippen LogP) is 4.29. The van der Waals surface area contributed by atoms with Crippen molar-refractivity contribution in [3.05, 3.63) is 20.8 Å². The third-order valence-electron chi connectivity index (χ3n) is 3.16. The third kappa shape index (κ3) is 3.12. The highest BCUT2D eigenvalue weighted by Gasteiger charge is 2.28. The molecule has 0 bridgehead atoms. The van der Waals surface area contributed by atoms with Crippen molar-refractivity contribution in [2.75, 3.05) is 11.9 Å². The summed E-state index contributed by atoms with van der Waals surface area (Å²) in [6.07, 6.45) is 4.81. The molecular formula is C12H15Br2NOS. The molecule has 0 saturated heterocycles. The van der Waals surface area contributed by atoms with Crippen LogP contribution < -0.4 is 0 Å². The van der Waals surface area contributed by atoms with Gasteiger partial charge in [0.2, 0.25) is 0 Å². The molecule has 1 aromatic heterocycles. The van der Waals surface area contributed by atoms with E-state index < -0.39 is 0 Å². The van der Waals surface area contributed by atoms with Gasteiger partial charge in [0.1, 0.15) is 4.88 Å². The van der Waals surface area contributed by atoms with E-state index in [1.165, 1.54) is 24.2 Å². The second kappa shape index (κ2) is 6.34. The Balaban J connectivity index is 2.15. The number of rotatable bonds is 4. The largest absolute Gasteiger partial charge is 0.334 e. The Hall–Kier alpha value is 0.130. The van der Waals surface area contributed by atoms with E-state index in [4.69, 9.17) is 0 Å². The number of alkyl halides is 1. The van der Waals surface area contributed by atoms with Crippen LogP contribution >= 0.6 is 43.2 Å². The van der Waals surface area contributed by atoms with E-state index >= 15 is 0 Å². The van der Waals surface area contributed by atoms with Crippen molar-refractivity contribution in [3.8, 4) is 0 Å². The number of halogens is 2. The molecule has 1 fully saturated rings. The zero-order valence-corrected chi connectivity index (χ0v) is 13.5. The topological polar surface area (TPSA) is 20.3 Å². The number of carbonyl (C=O) groups excluding carboxylic acids is 1. The van der Waals surface area contributed by atoms with Crippen LogP contribution in [0.15, 0.2) is 15.9 Å². The number of nitrogens with zero attached hydrogens (tertiary/aromatic N) is 1. The van der Waals surface area contributed by atoms with Gasteiger partial charge in [0.25, 0.3) is 5.91 Å². The highest BCUT2D eigenvalue weighted by molar-refractivity contribution is 9.10. The molecular weight excluding hydrogens is 366 g/mol. The number of hydrogen-bond donors (Lipinski definition) is 0.